The lowest BCUT2D eigenvalue weighted by molar-refractivity contribution is 0.0695. The van der Waals surface area contributed by atoms with Crippen LogP contribution in [0.15, 0.2) is 41.5 Å². The number of pyridine rings is 1. The molecule has 1 saturated carbocycles. The summed E-state index contributed by atoms with van der Waals surface area (Å²) in [4.78, 5) is 34.7. The van der Waals surface area contributed by atoms with Crippen LogP contribution in [-0.2, 0) is 13.0 Å². The van der Waals surface area contributed by atoms with Gasteiger partial charge in [0.2, 0.25) is 11.4 Å². The predicted octanol–water partition coefficient (Wildman–Crippen LogP) is 4.85. The first-order valence-electron chi connectivity index (χ1n) is 11.8. The van der Waals surface area contributed by atoms with Crippen LogP contribution in [0.5, 0.6) is 0 Å². The Hall–Kier alpha value is -3.60. The highest BCUT2D eigenvalue weighted by Crippen LogP contribution is 2.43. The van der Waals surface area contributed by atoms with Crippen molar-refractivity contribution >= 4 is 70.7 Å². The van der Waals surface area contributed by atoms with Gasteiger partial charge in [0.1, 0.15) is 17.2 Å². The molecule has 1 fully saturated rings. The molecule has 1 aliphatic heterocycles. The summed E-state index contributed by atoms with van der Waals surface area (Å²) < 4.78 is 17.2. The van der Waals surface area contributed by atoms with Crippen molar-refractivity contribution in [3.8, 4) is 11.1 Å². The van der Waals surface area contributed by atoms with Crippen molar-refractivity contribution in [3.63, 3.8) is 0 Å². The van der Waals surface area contributed by atoms with Crippen molar-refractivity contribution in [3.05, 3.63) is 74.4 Å². The fourth-order valence-electron chi connectivity index (χ4n) is 5.05. The topological polar surface area (TPSA) is 140 Å². The van der Waals surface area contributed by atoms with Gasteiger partial charge in [-0.1, -0.05) is 17.7 Å². The van der Waals surface area contributed by atoms with E-state index in [0.29, 0.717) is 23.4 Å². The van der Waals surface area contributed by atoms with Crippen molar-refractivity contribution in [2.45, 2.75) is 31.8 Å². The SMILES string of the molecule is Cl.Cl.Nc1ncc(CN2CCc3cc(-c4c(F)cc5c(=O)c(C(=O)O)cn(C6CC6)c5c4Cl)ccc32)c(N)n1. The van der Waals surface area contributed by atoms with Gasteiger partial charge in [0.25, 0.3) is 0 Å². The molecule has 4 aromatic rings. The second kappa shape index (κ2) is 10.5. The molecule has 1 aliphatic carbocycles. The van der Waals surface area contributed by atoms with Crippen LogP contribution >= 0.6 is 36.4 Å². The summed E-state index contributed by atoms with van der Waals surface area (Å²) in [5.74, 6) is -1.58. The Bertz CT molecular complexity index is 1690. The second-order valence-corrected chi connectivity index (χ2v) is 9.79. The van der Waals surface area contributed by atoms with Gasteiger partial charge in [-0.25, -0.2) is 14.2 Å². The standard InChI is InChI=1S/C26H22ClFN6O3.2ClH/c27-21-20(18(28)8-16-22(21)34(15-2-3-15)11-17(23(16)35)25(36)37)13-1-4-19-12(7-13)5-6-33(19)10-14-9-31-26(30)32-24(14)29;;/h1,4,7-9,11,15H,2-3,5-6,10H2,(H,36,37)(H4,29,30,31,32);2*1H. The van der Waals surface area contributed by atoms with Crippen LogP contribution in [0.3, 0.4) is 0 Å². The Balaban J connectivity index is 0.00000176. The quantitative estimate of drug-likeness (QED) is 0.298. The third kappa shape index (κ3) is 4.84. The van der Waals surface area contributed by atoms with E-state index in [1.807, 2.05) is 12.1 Å². The molecule has 2 aromatic heterocycles. The molecule has 0 saturated heterocycles. The Morgan fingerprint density at radius 3 is 2.62 bits per heavy atom. The lowest BCUT2D eigenvalue weighted by Gasteiger charge is -2.20. The molecular weight excluding hydrogens is 570 g/mol. The van der Waals surface area contributed by atoms with Crippen LogP contribution in [0.25, 0.3) is 22.0 Å². The van der Waals surface area contributed by atoms with Crippen molar-refractivity contribution in [2.75, 3.05) is 22.9 Å². The molecule has 13 heteroatoms. The zero-order valence-corrected chi connectivity index (χ0v) is 22.7. The van der Waals surface area contributed by atoms with Crippen LogP contribution in [0.2, 0.25) is 5.02 Å². The van der Waals surface area contributed by atoms with E-state index >= 15 is 4.39 Å². The van der Waals surface area contributed by atoms with E-state index in [1.54, 1.807) is 16.8 Å². The number of nitrogen functional groups attached to an aromatic ring is 2. The van der Waals surface area contributed by atoms with Crippen molar-refractivity contribution in [2.24, 2.45) is 0 Å². The minimum Gasteiger partial charge on any atom is -0.477 e. The molecule has 204 valence electrons. The fraction of sp³-hybridized carbons (Fsp3) is 0.231. The Kier molecular flexibility index (Phi) is 7.66. The van der Waals surface area contributed by atoms with Gasteiger partial charge in [-0.3, -0.25) is 4.79 Å². The number of rotatable bonds is 5. The molecule has 0 unspecified atom stereocenters. The van der Waals surface area contributed by atoms with Crippen LogP contribution in [-0.4, -0.2) is 32.2 Å². The molecule has 0 atom stereocenters. The van der Waals surface area contributed by atoms with Gasteiger partial charge in [0.05, 0.1) is 15.9 Å². The van der Waals surface area contributed by atoms with Crippen LogP contribution < -0.4 is 21.8 Å². The molecular formula is C26H24Cl3FN6O3. The van der Waals surface area contributed by atoms with Gasteiger partial charge in [0.15, 0.2) is 0 Å². The second-order valence-electron chi connectivity index (χ2n) is 9.41. The van der Waals surface area contributed by atoms with Crippen molar-refractivity contribution < 1.29 is 14.3 Å². The number of anilines is 3. The van der Waals surface area contributed by atoms with Gasteiger partial charge < -0.3 is 26.0 Å². The maximum Gasteiger partial charge on any atom is 0.341 e. The average Bonchev–Trinajstić information content (AvgIpc) is 3.62. The van der Waals surface area contributed by atoms with E-state index in [9.17, 15) is 14.7 Å². The number of hydrogen-bond acceptors (Lipinski definition) is 7. The summed E-state index contributed by atoms with van der Waals surface area (Å²) in [6, 6.07) is 6.73. The smallest absolute Gasteiger partial charge is 0.341 e. The Morgan fingerprint density at radius 1 is 1.21 bits per heavy atom. The number of nitrogens with two attached hydrogens (primary N) is 2. The first kappa shape index (κ1) is 28.4. The highest BCUT2D eigenvalue weighted by Gasteiger charge is 2.30. The number of fused-ring (bicyclic) bond motifs is 2. The first-order valence-corrected chi connectivity index (χ1v) is 12.2. The van der Waals surface area contributed by atoms with Gasteiger partial charge in [0, 0.05) is 48.3 Å². The molecule has 0 amide bonds. The number of carboxylic acids is 1. The molecule has 6 rings (SSSR count). The molecule has 3 heterocycles. The highest BCUT2D eigenvalue weighted by atomic mass is 35.5. The van der Waals surface area contributed by atoms with Gasteiger partial charge in [-0.2, -0.15) is 4.98 Å². The molecule has 39 heavy (non-hydrogen) atoms. The zero-order valence-electron chi connectivity index (χ0n) is 20.4. The molecule has 0 radical (unpaired) electrons. The Morgan fingerprint density at radius 2 is 1.95 bits per heavy atom. The predicted molar refractivity (Wildman–Crippen MR) is 154 cm³/mol. The highest BCUT2D eigenvalue weighted by molar-refractivity contribution is 6.38. The molecule has 2 aromatic carbocycles. The minimum atomic E-state index is -1.35. The van der Waals surface area contributed by atoms with E-state index in [2.05, 4.69) is 14.9 Å². The molecule has 0 bridgehead atoms. The number of carboxylic acid groups (broad SMARTS) is 1. The zero-order chi connectivity index (χ0) is 26.0. The van der Waals surface area contributed by atoms with Gasteiger partial charge in [-0.05, 0) is 48.6 Å². The maximum absolute atomic E-state index is 15.5. The number of aromatic carboxylic acids is 1. The summed E-state index contributed by atoms with van der Waals surface area (Å²) in [7, 11) is 0. The minimum absolute atomic E-state index is 0. The van der Waals surface area contributed by atoms with Crippen molar-refractivity contribution in [1.29, 1.82) is 0 Å². The summed E-state index contributed by atoms with van der Waals surface area (Å²) in [5, 5.41) is 9.55. The fourth-order valence-corrected chi connectivity index (χ4v) is 5.45. The summed E-state index contributed by atoms with van der Waals surface area (Å²) in [5.41, 5.74) is 14.3. The summed E-state index contributed by atoms with van der Waals surface area (Å²) >= 11 is 6.78. The van der Waals surface area contributed by atoms with Crippen molar-refractivity contribution in [1.82, 2.24) is 14.5 Å². The van der Waals surface area contributed by atoms with Crippen LogP contribution in [0.4, 0.5) is 21.8 Å². The summed E-state index contributed by atoms with van der Waals surface area (Å²) in [6.45, 7) is 1.23. The number of carbonyl (C=O) groups is 1. The first-order chi connectivity index (χ1) is 17.7. The Labute approximate surface area is 239 Å². The lowest BCUT2D eigenvalue weighted by atomic mass is 9.98. The van der Waals surface area contributed by atoms with E-state index in [1.165, 1.54) is 6.20 Å². The lowest BCUT2D eigenvalue weighted by Crippen LogP contribution is -2.21. The maximum atomic E-state index is 15.5. The third-order valence-corrected chi connectivity index (χ3v) is 7.38. The number of benzene rings is 2. The largest absolute Gasteiger partial charge is 0.477 e. The van der Waals surface area contributed by atoms with Crippen LogP contribution in [0, 0.1) is 5.82 Å². The molecule has 2 aliphatic rings. The molecule has 9 nitrogen and oxygen atoms in total. The third-order valence-electron chi connectivity index (χ3n) is 7.02. The van der Waals surface area contributed by atoms with E-state index in [4.69, 9.17) is 23.1 Å². The molecule has 5 N–H and O–H groups in total. The number of aromatic nitrogens is 3. The molecule has 0 spiro atoms. The van der Waals surface area contributed by atoms with Crippen LogP contribution in [0.1, 0.15) is 40.4 Å². The normalized spacial score (nSPS) is 14.1. The van der Waals surface area contributed by atoms with Gasteiger partial charge >= 0.3 is 5.97 Å². The number of halogens is 4. The van der Waals surface area contributed by atoms with E-state index < -0.39 is 22.8 Å². The number of hydrogen-bond donors (Lipinski definition) is 3. The average molecular weight is 594 g/mol. The summed E-state index contributed by atoms with van der Waals surface area (Å²) in [6.07, 6.45) is 5.34. The van der Waals surface area contributed by atoms with E-state index in [0.717, 1.165) is 48.7 Å². The number of nitrogens with zero attached hydrogens (tertiary/aromatic N) is 4. The monoisotopic (exact) mass is 592 g/mol. The van der Waals surface area contributed by atoms with Gasteiger partial charge in [-0.15, -0.1) is 24.8 Å². The van der Waals surface area contributed by atoms with E-state index in [-0.39, 0.29) is 52.8 Å².